The fraction of sp³-hybridized carbons (Fsp3) is 0.0952. The Morgan fingerprint density at radius 3 is 2.80 bits per heavy atom. The van der Waals surface area contributed by atoms with Crippen molar-refractivity contribution in [3.8, 4) is 23.2 Å². The van der Waals surface area contributed by atoms with Gasteiger partial charge in [0.05, 0.1) is 25.3 Å². The molecule has 4 aromatic rings. The molecule has 30 heavy (non-hydrogen) atoms. The van der Waals surface area contributed by atoms with Crippen molar-refractivity contribution in [3.05, 3.63) is 70.1 Å². The van der Waals surface area contributed by atoms with Gasteiger partial charge in [0.1, 0.15) is 11.3 Å². The number of ether oxygens (including phenoxy) is 1. The van der Waals surface area contributed by atoms with E-state index < -0.39 is 5.69 Å². The summed E-state index contributed by atoms with van der Waals surface area (Å²) in [7, 11) is 1.56. The Balaban J connectivity index is 1.92. The monoisotopic (exact) mass is 399 g/mol. The second-order valence-corrected chi connectivity index (χ2v) is 6.34. The van der Waals surface area contributed by atoms with Crippen LogP contribution in [-0.4, -0.2) is 33.0 Å². The van der Waals surface area contributed by atoms with Gasteiger partial charge in [-0.3, -0.25) is 9.36 Å². The number of fused-ring (bicyclic) bond motifs is 1. The highest BCUT2D eigenvalue weighted by molar-refractivity contribution is 5.90. The number of carbonyl (C=O) groups excluding carboxylic acids is 1. The van der Waals surface area contributed by atoms with Crippen LogP contribution in [0.4, 0.5) is 5.82 Å². The molecule has 1 radical (unpaired) electrons. The first-order valence-corrected chi connectivity index (χ1v) is 8.90. The lowest BCUT2D eigenvalue weighted by atomic mass is 10.1. The van der Waals surface area contributed by atoms with Crippen molar-refractivity contribution in [2.24, 2.45) is 0 Å². The number of nitrogens with zero attached hydrogens (tertiary/aromatic N) is 4. The summed E-state index contributed by atoms with van der Waals surface area (Å²) in [5.41, 5.74) is 1.96. The second kappa shape index (κ2) is 7.89. The minimum atomic E-state index is -0.415. The molecule has 0 saturated heterocycles. The molecule has 2 aromatic carbocycles. The van der Waals surface area contributed by atoms with E-state index in [9.17, 15) is 9.59 Å². The molecule has 0 saturated carbocycles. The summed E-state index contributed by atoms with van der Waals surface area (Å²) in [5, 5.41) is 11.6. The van der Waals surface area contributed by atoms with Gasteiger partial charge in [0.25, 0.3) is 0 Å². The number of para-hydroxylation sites is 1. The summed E-state index contributed by atoms with van der Waals surface area (Å²) in [5.74, 6) is 1.00. The molecule has 0 atom stereocenters. The maximum Gasteiger partial charge on any atom is 0.328 e. The molecule has 2 N–H and O–H groups in total. The number of hydrogen-bond acceptors (Lipinski definition) is 6. The highest BCUT2D eigenvalue weighted by Gasteiger charge is 2.18. The molecule has 0 aliphatic heterocycles. The molecule has 2 heterocycles. The number of hydrogen-bond donors (Lipinski definition) is 2. The van der Waals surface area contributed by atoms with Crippen LogP contribution in [0.1, 0.15) is 11.1 Å². The molecular weight excluding hydrogens is 384 g/mol. The summed E-state index contributed by atoms with van der Waals surface area (Å²) in [4.78, 5) is 35.2. The molecule has 0 aliphatic carbocycles. The Kier molecular flexibility index (Phi) is 4.97. The largest absolute Gasteiger partial charge is 0.496 e. The van der Waals surface area contributed by atoms with Gasteiger partial charge in [-0.15, -0.1) is 0 Å². The number of rotatable bonds is 6. The Hall–Kier alpha value is -4.45. The first-order valence-electron chi connectivity index (χ1n) is 8.90. The van der Waals surface area contributed by atoms with Crippen LogP contribution in [0.3, 0.4) is 0 Å². The predicted octanol–water partition coefficient (Wildman–Crippen LogP) is 2.19. The summed E-state index contributed by atoms with van der Waals surface area (Å²) in [6.07, 6.45) is 1.58. The Labute approximate surface area is 170 Å². The normalized spacial score (nSPS) is 10.5. The molecule has 9 heteroatoms. The molecule has 0 aliphatic rings. The number of H-pyrrole nitrogens is 1. The van der Waals surface area contributed by atoms with E-state index in [4.69, 9.17) is 10.00 Å². The number of nitriles is 1. The van der Waals surface area contributed by atoms with E-state index in [2.05, 4.69) is 26.3 Å². The number of imidazole rings is 1. The molecule has 0 fully saturated rings. The zero-order valence-corrected chi connectivity index (χ0v) is 15.8. The lowest BCUT2D eigenvalue weighted by molar-refractivity contribution is 0.408. The Morgan fingerprint density at radius 1 is 1.20 bits per heavy atom. The number of anilines is 1. The van der Waals surface area contributed by atoms with Crippen LogP contribution < -0.4 is 15.7 Å². The van der Waals surface area contributed by atoms with Crippen LogP contribution >= 0.6 is 0 Å². The van der Waals surface area contributed by atoms with Crippen molar-refractivity contribution >= 4 is 23.4 Å². The SMILES string of the molecule is COc1ccccc1Cn1c(=O)[nH]c2c(N[C]=O)nc(-c3cccc(C#N)c3)nc21. The van der Waals surface area contributed by atoms with Crippen LogP contribution in [0.25, 0.3) is 22.6 Å². The van der Waals surface area contributed by atoms with E-state index in [-0.39, 0.29) is 23.7 Å². The Bertz CT molecular complexity index is 1350. The van der Waals surface area contributed by atoms with Crippen molar-refractivity contribution in [1.82, 2.24) is 19.5 Å². The zero-order chi connectivity index (χ0) is 21.1. The highest BCUT2D eigenvalue weighted by atomic mass is 16.5. The number of benzene rings is 2. The number of amides is 1. The van der Waals surface area contributed by atoms with Gasteiger partial charge in [-0.05, 0) is 18.2 Å². The minimum absolute atomic E-state index is 0.114. The van der Waals surface area contributed by atoms with Gasteiger partial charge in [0.2, 0.25) is 0 Å². The molecule has 0 unspecified atom stereocenters. The van der Waals surface area contributed by atoms with E-state index in [0.717, 1.165) is 5.56 Å². The van der Waals surface area contributed by atoms with Gasteiger partial charge in [-0.25, -0.2) is 14.8 Å². The van der Waals surface area contributed by atoms with Gasteiger partial charge < -0.3 is 15.0 Å². The maximum absolute atomic E-state index is 12.7. The maximum atomic E-state index is 12.7. The number of aromatic nitrogens is 4. The van der Waals surface area contributed by atoms with Gasteiger partial charge in [-0.2, -0.15) is 5.26 Å². The van der Waals surface area contributed by atoms with E-state index in [1.807, 2.05) is 18.2 Å². The predicted molar refractivity (Wildman–Crippen MR) is 110 cm³/mol. The van der Waals surface area contributed by atoms with Crippen molar-refractivity contribution in [1.29, 1.82) is 5.26 Å². The third-order valence-electron chi connectivity index (χ3n) is 4.56. The van der Waals surface area contributed by atoms with Crippen LogP contribution in [0, 0.1) is 11.3 Å². The van der Waals surface area contributed by atoms with Crippen LogP contribution in [0.5, 0.6) is 5.75 Å². The summed E-state index contributed by atoms with van der Waals surface area (Å²) in [6, 6.07) is 16.1. The standard InChI is InChI=1S/C21H15N6O3/c1-30-16-8-3-2-6-15(16)11-27-20-17(24-21(27)29)19(23-12-28)25-18(26-20)14-7-4-5-13(9-14)10-22/h2-9H,11H2,1H3,(H,24,29)(H,23,25,26,28). The van der Waals surface area contributed by atoms with E-state index >= 15 is 0 Å². The van der Waals surface area contributed by atoms with E-state index in [0.29, 0.717) is 22.5 Å². The molecule has 4 rings (SSSR count). The molecule has 2 aromatic heterocycles. The van der Waals surface area contributed by atoms with Crippen LogP contribution in [0.15, 0.2) is 53.3 Å². The Morgan fingerprint density at radius 2 is 2.03 bits per heavy atom. The fourth-order valence-corrected chi connectivity index (χ4v) is 3.18. The number of aromatic amines is 1. The van der Waals surface area contributed by atoms with Crippen molar-refractivity contribution in [3.63, 3.8) is 0 Å². The minimum Gasteiger partial charge on any atom is -0.496 e. The number of nitrogens with one attached hydrogen (secondary N) is 2. The van der Waals surface area contributed by atoms with Crippen molar-refractivity contribution in [2.45, 2.75) is 6.54 Å². The topological polar surface area (TPSA) is 126 Å². The zero-order valence-electron chi connectivity index (χ0n) is 15.8. The second-order valence-electron chi connectivity index (χ2n) is 6.34. The first-order chi connectivity index (χ1) is 14.6. The smallest absolute Gasteiger partial charge is 0.328 e. The van der Waals surface area contributed by atoms with Gasteiger partial charge in [-0.1, -0.05) is 30.3 Å². The summed E-state index contributed by atoms with van der Waals surface area (Å²) >= 11 is 0. The van der Waals surface area contributed by atoms with Gasteiger partial charge in [0, 0.05) is 11.1 Å². The highest BCUT2D eigenvalue weighted by Crippen LogP contribution is 2.25. The molecular formula is C21H15N6O3. The lowest BCUT2D eigenvalue weighted by Gasteiger charge is -2.10. The molecule has 1 amide bonds. The van der Waals surface area contributed by atoms with E-state index in [1.165, 1.54) is 4.57 Å². The number of methoxy groups -OCH3 is 1. The molecule has 147 valence electrons. The molecule has 9 nitrogen and oxygen atoms in total. The van der Waals surface area contributed by atoms with Gasteiger partial charge in [0.15, 0.2) is 17.3 Å². The lowest BCUT2D eigenvalue weighted by Crippen LogP contribution is -2.18. The van der Waals surface area contributed by atoms with Crippen LogP contribution in [0.2, 0.25) is 0 Å². The molecule has 0 bridgehead atoms. The third-order valence-corrected chi connectivity index (χ3v) is 4.56. The summed E-state index contributed by atoms with van der Waals surface area (Å²) in [6.45, 7) is 0.196. The van der Waals surface area contributed by atoms with Crippen molar-refractivity contribution < 1.29 is 9.53 Å². The van der Waals surface area contributed by atoms with Crippen molar-refractivity contribution in [2.75, 3.05) is 12.4 Å². The average Bonchev–Trinajstić information content (AvgIpc) is 3.10. The third kappa shape index (κ3) is 3.38. The quantitative estimate of drug-likeness (QED) is 0.479. The van der Waals surface area contributed by atoms with Gasteiger partial charge >= 0.3 is 12.1 Å². The van der Waals surface area contributed by atoms with E-state index in [1.54, 1.807) is 43.9 Å². The average molecular weight is 399 g/mol. The fourth-order valence-electron chi connectivity index (χ4n) is 3.18. The first kappa shape index (κ1) is 18.9. The summed E-state index contributed by atoms with van der Waals surface area (Å²) < 4.78 is 6.81. The molecule has 0 spiro atoms. The van der Waals surface area contributed by atoms with Crippen LogP contribution in [-0.2, 0) is 11.3 Å².